The molecule has 3 nitrogen and oxygen atoms in total. The Morgan fingerprint density at radius 2 is 2.12 bits per heavy atom. The molecular weight excluding hydrogens is 202 g/mol. The highest BCUT2D eigenvalue weighted by Crippen LogP contribution is 1.99. The first-order valence-corrected chi connectivity index (χ1v) is 5.32. The highest BCUT2D eigenvalue weighted by Gasteiger charge is 1.99. The second-order valence-electron chi connectivity index (χ2n) is 3.41. The van der Waals surface area contributed by atoms with Crippen molar-refractivity contribution < 1.29 is 9.53 Å². The maximum Gasteiger partial charge on any atom is 0.246 e. The second-order valence-corrected chi connectivity index (χ2v) is 3.41. The van der Waals surface area contributed by atoms with Gasteiger partial charge in [-0.15, -0.1) is 6.58 Å². The lowest BCUT2D eigenvalue weighted by atomic mass is 10.2. The second kappa shape index (κ2) is 7.65. The predicted octanol–water partition coefficient (Wildman–Crippen LogP) is 1.90. The SMILES string of the molecule is C=CCCNC(=O)COCc1ccccc1. The van der Waals surface area contributed by atoms with Crippen molar-refractivity contribution in [3.63, 3.8) is 0 Å². The molecule has 1 N–H and O–H groups in total. The van der Waals surface area contributed by atoms with Crippen molar-refractivity contribution in [3.05, 3.63) is 48.6 Å². The largest absolute Gasteiger partial charge is 0.367 e. The Balaban J connectivity index is 2.11. The molecule has 86 valence electrons. The van der Waals surface area contributed by atoms with E-state index in [1.165, 1.54) is 0 Å². The van der Waals surface area contributed by atoms with E-state index in [2.05, 4.69) is 11.9 Å². The van der Waals surface area contributed by atoms with Gasteiger partial charge in [-0.25, -0.2) is 0 Å². The molecule has 0 aliphatic heterocycles. The molecule has 1 rings (SSSR count). The van der Waals surface area contributed by atoms with Gasteiger partial charge in [-0.05, 0) is 12.0 Å². The van der Waals surface area contributed by atoms with Gasteiger partial charge in [0.15, 0.2) is 0 Å². The number of amides is 1. The molecular formula is C13H17NO2. The zero-order valence-corrected chi connectivity index (χ0v) is 9.32. The first-order valence-electron chi connectivity index (χ1n) is 5.32. The van der Waals surface area contributed by atoms with Gasteiger partial charge in [0.1, 0.15) is 6.61 Å². The van der Waals surface area contributed by atoms with Gasteiger partial charge in [0.25, 0.3) is 0 Å². The predicted molar refractivity (Wildman–Crippen MR) is 63.9 cm³/mol. The number of rotatable bonds is 7. The van der Waals surface area contributed by atoms with Crippen LogP contribution in [0.15, 0.2) is 43.0 Å². The summed E-state index contributed by atoms with van der Waals surface area (Å²) in [5.74, 6) is -0.0854. The van der Waals surface area contributed by atoms with Gasteiger partial charge in [0.2, 0.25) is 5.91 Å². The van der Waals surface area contributed by atoms with Crippen molar-refractivity contribution in [2.24, 2.45) is 0 Å². The number of benzene rings is 1. The van der Waals surface area contributed by atoms with Crippen molar-refractivity contribution >= 4 is 5.91 Å². The van der Waals surface area contributed by atoms with Crippen molar-refractivity contribution in [2.45, 2.75) is 13.0 Å². The number of nitrogens with one attached hydrogen (secondary N) is 1. The fourth-order valence-corrected chi connectivity index (χ4v) is 1.20. The number of ether oxygens (including phenoxy) is 1. The molecule has 0 fully saturated rings. The highest BCUT2D eigenvalue weighted by atomic mass is 16.5. The van der Waals surface area contributed by atoms with E-state index in [0.717, 1.165) is 12.0 Å². The summed E-state index contributed by atoms with van der Waals surface area (Å²) < 4.78 is 5.27. The lowest BCUT2D eigenvalue weighted by Crippen LogP contribution is -2.28. The van der Waals surface area contributed by atoms with Crippen LogP contribution in [-0.2, 0) is 16.1 Å². The van der Waals surface area contributed by atoms with Gasteiger partial charge in [-0.2, -0.15) is 0 Å². The molecule has 3 heteroatoms. The summed E-state index contributed by atoms with van der Waals surface area (Å²) in [6, 6.07) is 9.78. The first-order chi connectivity index (χ1) is 7.83. The summed E-state index contributed by atoms with van der Waals surface area (Å²) in [5, 5.41) is 2.73. The molecule has 0 aliphatic carbocycles. The minimum Gasteiger partial charge on any atom is -0.367 e. The smallest absolute Gasteiger partial charge is 0.246 e. The number of carbonyl (C=O) groups excluding carboxylic acids is 1. The molecule has 0 saturated heterocycles. The van der Waals surface area contributed by atoms with Crippen molar-refractivity contribution in [3.8, 4) is 0 Å². The Hall–Kier alpha value is -1.61. The average Bonchev–Trinajstić information content (AvgIpc) is 2.31. The van der Waals surface area contributed by atoms with Gasteiger partial charge in [-0.3, -0.25) is 4.79 Å². The molecule has 0 bridgehead atoms. The molecule has 1 aromatic rings. The molecule has 0 atom stereocenters. The quantitative estimate of drug-likeness (QED) is 0.562. The van der Waals surface area contributed by atoms with Crippen LogP contribution in [0.5, 0.6) is 0 Å². The topological polar surface area (TPSA) is 38.3 Å². The lowest BCUT2D eigenvalue weighted by Gasteiger charge is -2.05. The van der Waals surface area contributed by atoms with E-state index in [0.29, 0.717) is 13.2 Å². The van der Waals surface area contributed by atoms with Crippen LogP contribution in [-0.4, -0.2) is 19.1 Å². The van der Waals surface area contributed by atoms with Crippen LogP contribution in [0, 0.1) is 0 Å². The number of hydrogen-bond donors (Lipinski definition) is 1. The standard InChI is InChI=1S/C13H17NO2/c1-2-3-9-14-13(15)11-16-10-12-7-5-4-6-8-12/h2,4-8H,1,3,9-11H2,(H,14,15). The maximum absolute atomic E-state index is 11.2. The first kappa shape index (κ1) is 12.5. The molecule has 0 saturated carbocycles. The lowest BCUT2D eigenvalue weighted by molar-refractivity contribution is -0.126. The van der Waals surface area contributed by atoms with E-state index >= 15 is 0 Å². The molecule has 0 unspecified atom stereocenters. The number of hydrogen-bond acceptors (Lipinski definition) is 2. The van der Waals surface area contributed by atoms with E-state index in [1.54, 1.807) is 6.08 Å². The van der Waals surface area contributed by atoms with Crippen molar-refractivity contribution in [1.82, 2.24) is 5.32 Å². The summed E-state index contributed by atoms with van der Waals surface area (Å²) in [6.45, 7) is 4.77. The third-order valence-electron chi connectivity index (χ3n) is 2.02. The van der Waals surface area contributed by atoms with E-state index in [9.17, 15) is 4.79 Å². The zero-order chi connectivity index (χ0) is 11.6. The van der Waals surface area contributed by atoms with Crippen LogP contribution in [0.1, 0.15) is 12.0 Å². The van der Waals surface area contributed by atoms with E-state index in [1.807, 2.05) is 30.3 Å². The molecule has 16 heavy (non-hydrogen) atoms. The van der Waals surface area contributed by atoms with Gasteiger partial charge < -0.3 is 10.1 Å². The minimum atomic E-state index is -0.0854. The van der Waals surface area contributed by atoms with Crippen LogP contribution in [0.2, 0.25) is 0 Å². The van der Waals surface area contributed by atoms with Crippen molar-refractivity contribution in [2.75, 3.05) is 13.2 Å². The Kier molecular flexibility index (Phi) is 5.96. The fraction of sp³-hybridized carbons (Fsp3) is 0.308. The Labute approximate surface area is 96.1 Å². The van der Waals surface area contributed by atoms with Crippen LogP contribution in [0.3, 0.4) is 0 Å². The third-order valence-corrected chi connectivity index (χ3v) is 2.02. The Bertz CT molecular complexity index is 322. The van der Waals surface area contributed by atoms with Gasteiger partial charge in [0.05, 0.1) is 6.61 Å². The van der Waals surface area contributed by atoms with E-state index in [-0.39, 0.29) is 12.5 Å². The van der Waals surface area contributed by atoms with Gasteiger partial charge in [0, 0.05) is 6.54 Å². The Morgan fingerprint density at radius 3 is 2.81 bits per heavy atom. The molecule has 0 spiro atoms. The maximum atomic E-state index is 11.2. The van der Waals surface area contributed by atoms with Gasteiger partial charge >= 0.3 is 0 Å². The van der Waals surface area contributed by atoms with Crippen LogP contribution >= 0.6 is 0 Å². The molecule has 0 heterocycles. The normalized spacial score (nSPS) is 9.75. The summed E-state index contributed by atoms with van der Waals surface area (Å²) in [5.41, 5.74) is 1.07. The number of carbonyl (C=O) groups is 1. The summed E-state index contributed by atoms with van der Waals surface area (Å²) in [7, 11) is 0. The van der Waals surface area contributed by atoms with Crippen molar-refractivity contribution in [1.29, 1.82) is 0 Å². The zero-order valence-electron chi connectivity index (χ0n) is 9.32. The van der Waals surface area contributed by atoms with E-state index in [4.69, 9.17) is 4.74 Å². The Morgan fingerprint density at radius 1 is 1.38 bits per heavy atom. The summed E-state index contributed by atoms with van der Waals surface area (Å²) in [6.07, 6.45) is 2.55. The van der Waals surface area contributed by atoms with E-state index < -0.39 is 0 Å². The molecule has 1 aromatic carbocycles. The monoisotopic (exact) mass is 219 g/mol. The molecule has 0 aliphatic rings. The van der Waals surface area contributed by atoms with Crippen LogP contribution < -0.4 is 5.32 Å². The van der Waals surface area contributed by atoms with Crippen LogP contribution in [0.4, 0.5) is 0 Å². The fourth-order valence-electron chi connectivity index (χ4n) is 1.20. The third kappa shape index (κ3) is 5.32. The highest BCUT2D eigenvalue weighted by molar-refractivity contribution is 5.77. The van der Waals surface area contributed by atoms with Gasteiger partial charge in [-0.1, -0.05) is 36.4 Å². The summed E-state index contributed by atoms with van der Waals surface area (Å²) in [4.78, 5) is 11.2. The summed E-state index contributed by atoms with van der Waals surface area (Å²) >= 11 is 0. The minimum absolute atomic E-state index is 0.0854. The molecule has 0 radical (unpaired) electrons. The average molecular weight is 219 g/mol. The molecule has 0 aromatic heterocycles. The van der Waals surface area contributed by atoms with Crippen LogP contribution in [0.25, 0.3) is 0 Å². The molecule has 1 amide bonds.